The Kier molecular flexibility index (Phi) is 2.59. The number of H-pyrrole nitrogens is 1. The Bertz CT molecular complexity index is 545. The molecular formula is C9H11N5O2. The minimum Gasteiger partial charge on any atom is -0.444 e. The summed E-state index contributed by atoms with van der Waals surface area (Å²) >= 11 is 0. The zero-order chi connectivity index (χ0) is 11.5. The Morgan fingerprint density at radius 3 is 3.06 bits per heavy atom. The monoisotopic (exact) mass is 221 g/mol. The Morgan fingerprint density at radius 1 is 1.56 bits per heavy atom. The van der Waals surface area contributed by atoms with Crippen molar-refractivity contribution in [2.45, 2.75) is 13.5 Å². The van der Waals surface area contributed by atoms with Gasteiger partial charge in [-0.25, -0.2) is 9.97 Å². The highest BCUT2D eigenvalue weighted by molar-refractivity contribution is 5.58. The summed E-state index contributed by atoms with van der Waals surface area (Å²) in [5.41, 5.74) is 5.21. The van der Waals surface area contributed by atoms with Crippen molar-refractivity contribution in [2.24, 2.45) is 0 Å². The summed E-state index contributed by atoms with van der Waals surface area (Å²) in [4.78, 5) is 21.4. The number of nitrogens with two attached hydrogens (primary N) is 1. The first-order chi connectivity index (χ1) is 7.66. The van der Waals surface area contributed by atoms with Crippen LogP contribution in [0.1, 0.15) is 11.7 Å². The van der Waals surface area contributed by atoms with Crippen molar-refractivity contribution < 1.29 is 4.42 Å². The molecule has 0 atom stereocenters. The molecule has 0 fully saturated rings. The van der Waals surface area contributed by atoms with Crippen LogP contribution in [0.25, 0.3) is 0 Å². The number of anilines is 2. The third-order valence-corrected chi connectivity index (χ3v) is 1.97. The molecular weight excluding hydrogens is 210 g/mol. The number of nitrogen functional groups attached to an aromatic ring is 1. The Labute approximate surface area is 90.7 Å². The molecule has 0 saturated carbocycles. The van der Waals surface area contributed by atoms with Crippen molar-refractivity contribution in [2.75, 3.05) is 11.1 Å². The smallest absolute Gasteiger partial charge is 0.276 e. The van der Waals surface area contributed by atoms with Crippen molar-refractivity contribution in [1.82, 2.24) is 15.0 Å². The van der Waals surface area contributed by atoms with Crippen LogP contribution in [0.2, 0.25) is 0 Å². The molecule has 2 aromatic heterocycles. The minimum atomic E-state index is -0.374. The molecule has 0 aliphatic carbocycles. The quantitative estimate of drug-likeness (QED) is 0.685. The summed E-state index contributed by atoms with van der Waals surface area (Å²) in [6.45, 7) is 2.13. The molecule has 0 amide bonds. The van der Waals surface area contributed by atoms with E-state index >= 15 is 0 Å². The molecule has 0 unspecified atom stereocenters. The number of rotatable bonds is 3. The van der Waals surface area contributed by atoms with Crippen molar-refractivity contribution in [3.63, 3.8) is 0 Å². The highest BCUT2D eigenvalue weighted by atomic mass is 16.4. The average molecular weight is 221 g/mol. The molecule has 2 aromatic rings. The maximum Gasteiger partial charge on any atom is 0.276 e. The summed E-state index contributed by atoms with van der Waals surface area (Å²) < 4.78 is 5.25. The van der Waals surface area contributed by atoms with Crippen LogP contribution in [-0.4, -0.2) is 15.0 Å². The molecule has 0 spiro atoms. The van der Waals surface area contributed by atoms with E-state index < -0.39 is 0 Å². The van der Waals surface area contributed by atoms with Gasteiger partial charge >= 0.3 is 0 Å². The first-order valence-corrected chi connectivity index (χ1v) is 4.65. The van der Waals surface area contributed by atoms with Gasteiger partial charge in [-0.1, -0.05) is 0 Å². The van der Waals surface area contributed by atoms with Gasteiger partial charge in [0.15, 0.2) is 5.82 Å². The SMILES string of the molecule is Cc1cnc(CNc2nc[nH]c(=O)c2N)o1. The Hall–Kier alpha value is -2.31. The highest BCUT2D eigenvalue weighted by Gasteiger charge is 2.05. The molecule has 7 nitrogen and oxygen atoms in total. The van der Waals surface area contributed by atoms with Gasteiger partial charge in [0, 0.05) is 0 Å². The summed E-state index contributed by atoms with van der Waals surface area (Å²) in [6, 6.07) is 0. The molecule has 0 saturated heterocycles. The fraction of sp³-hybridized carbons (Fsp3) is 0.222. The zero-order valence-corrected chi connectivity index (χ0v) is 8.65. The van der Waals surface area contributed by atoms with Crippen LogP contribution in [0, 0.1) is 6.92 Å². The molecule has 84 valence electrons. The van der Waals surface area contributed by atoms with Crippen LogP contribution in [0.4, 0.5) is 11.5 Å². The van der Waals surface area contributed by atoms with E-state index in [0.29, 0.717) is 18.3 Å². The van der Waals surface area contributed by atoms with Gasteiger partial charge in [-0.2, -0.15) is 0 Å². The number of hydrogen-bond acceptors (Lipinski definition) is 6. The maximum atomic E-state index is 11.2. The summed E-state index contributed by atoms with van der Waals surface area (Å²) in [5, 5.41) is 2.87. The average Bonchev–Trinajstić information content (AvgIpc) is 2.67. The Morgan fingerprint density at radius 2 is 2.38 bits per heavy atom. The van der Waals surface area contributed by atoms with Crippen LogP contribution in [0.15, 0.2) is 21.7 Å². The molecule has 0 aromatic carbocycles. The summed E-state index contributed by atoms with van der Waals surface area (Å²) in [7, 11) is 0. The highest BCUT2D eigenvalue weighted by Crippen LogP contribution is 2.09. The van der Waals surface area contributed by atoms with Crippen molar-refractivity contribution in [1.29, 1.82) is 0 Å². The normalized spacial score (nSPS) is 10.3. The lowest BCUT2D eigenvalue weighted by Crippen LogP contribution is -2.16. The predicted molar refractivity (Wildman–Crippen MR) is 57.8 cm³/mol. The van der Waals surface area contributed by atoms with E-state index in [1.54, 1.807) is 13.1 Å². The lowest BCUT2D eigenvalue weighted by atomic mass is 10.4. The van der Waals surface area contributed by atoms with Crippen molar-refractivity contribution in [3.8, 4) is 0 Å². The van der Waals surface area contributed by atoms with Crippen LogP contribution >= 0.6 is 0 Å². The summed E-state index contributed by atoms with van der Waals surface area (Å²) in [5.74, 6) is 1.56. The van der Waals surface area contributed by atoms with Gasteiger partial charge in [-0.05, 0) is 6.92 Å². The van der Waals surface area contributed by atoms with E-state index in [1.165, 1.54) is 6.33 Å². The van der Waals surface area contributed by atoms with Gasteiger partial charge in [0.05, 0.1) is 19.1 Å². The molecule has 7 heteroatoms. The zero-order valence-electron chi connectivity index (χ0n) is 8.65. The summed E-state index contributed by atoms with van der Waals surface area (Å²) in [6.07, 6.45) is 2.90. The van der Waals surface area contributed by atoms with Crippen LogP contribution < -0.4 is 16.6 Å². The lowest BCUT2D eigenvalue weighted by molar-refractivity contribution is 0.479. The predicted octanol–water partition coefficient (Wildman–Crippen LogP) is 0.261. The van der Waals surface area contributed by atoms with Crippen LogP contribution in [-0.2, 0) is 6.54 Å². The standard InChI is InChI=1S/C9H11N5O2/c1-5-2-11-6(16-5)3-12-8-7(10)9(15)14-4-13-8/h2,4H,3,10H2,1H3,(H2,12,13,14,15). The lowest BCUT2D eigenvalue weighted by Gasteiger charge is -2.04. The number of oxazole rings is 1. The molecule has 0 bridgehead atoms. The first kappa shape index (κ1) is 10.2. The topological polar surface area (TPSA) is 110 Å². The van der Waals surface area contributed by atoms with Crippen molar-refractivity contribution in [3.05, 3.63) is 34.5 Å². The number of hydrogen-bond donors (Lipinski definition) is 3. The molecule has 16 heavy (non-hydrogen) atoms. The molecule has 4 N–H and O–H groups in total. The molecule has 0 aliphatic rings. The van der Waals surface area contributed by atoms with E-state index in [-0.39, 0.29) is 11.2 Å². The number of nitrogens with zero attached hydrogens (tertiary/aromatic N) is 2. The third kappa shape index (κ3) is 2.02. The van der Waals surface area contributed by atoms with Crippen LogP contribution in [0.3, 0.4) is 0 Å². The number of aryl methyl sites for hydroxylation is 1. The van der Waals surface area contributed by atoms with Gasteiger partial charge in [0.1, 0.15) is 11.4 Å². The van der Waals surface area contributed by atoms with E-state index in [4.69, 9.17) is 10.2 Å². The fourth-order valence-corrected chi connectivity index (χ4v) is 1.19. The van der Waals surface area contributed by atoms with E-state index in [9.17, 15) is 4.79 Å². The van der Waals surface area contributed by atoms with E-state index in [1.807, 2.05) is 0 Å². The van der Waals surface area contributed by atoms with E-state index in [0.717, 1.165) is 5.76 Å². The van der Waals surface area contributed by atoms with Crippen molar-refractivity contribution >= 4 is 11.5 Å². The second-order valence-corrected chi connectivity index (χ2v) is 3.21. The van der Waals surface area contributed by atoms with Gasteiger partial charge < -0.3 is 20.5 Å². The van der Waals surface area contributed by atoms with Gasteiger partial charge in [0.25, 0.3) is 5.56 Å². The maximum absolute atomic E-state index is 11.2. The first-order valence-electron chi connectivity index (χ1n) is 4.65. The van der Waals surface area contributed by atoms with Crippen LogP contribution in [0.5, 0.6) is 0 Å². The number of aromatic amines is 1. The number of aromatic nitrogens is 3. The van der Waals surface area contributed by atoms with E-state index in [2.05, 4.69) is 20.3 Å². The molecule has 0 aliphatic heterocycles. The Balaban J connectivity index is 2.10. The number of nitrogens with one attached hydrogen (secondary N) is 2. The molecule has 2 heterocycles. The minimum absolute atomic E-state index is 0.0470. The van der Waals surface area contributed by atoms with Gasteiger partial charge in [-0.15, -0.1) is 0 Å². The third-order valence-electron chi connectivity index (χ3n) is 1.97. The largest absolute Gasteiger partial charge is 0.444 e. The molecule has 2 rings (SSSR count). The second-order valence-electron chi connectivity index (χ2n) is 3.21. The van der Waals surface area contributed by atoms with Gasteiger partial charge in [0.2, 0.25) is 5.89 Å². The van der Waals surface area contributed by atoms with Gasteiger partial charge in [-0.3, -0.25) is 4.79 Å². The second kappa shape index (κ2) is 4.05. The molecule has 0 radical (unpaired) electrons. The fourth-order valence-electron chi connectivity index (χ4n) is 1.19.